The van der Waals surface area contributed by atoms with Crippen molar-refractivity contribution in [3.05, 3.63) is 54.4 Å². The summed E-state index contributed by atoms with van der Waals surface area (Å²) >= 11 is 1.40. The molecular weight excluding hydrogens is 358 g/mol. The van der Waals surface area contributed by atoms with Crippen LogP contribution in [0.2, 0.25) is 0 Å². The Morgan fingerprint density at radius 3 is 2.67 bits per heavy atom. The maximum Gasteiger partial charge on any atom is 0.234 e. The summed E-state index contributed by atoms with van der Waals surface area (Å²) < 4.78 is 5.39. The molecule has 0 unspecified atom stereocenters. The Hall–Kier alpha value is -2.60. The van der Waals surface area contributed by atoms with Gasteiger partial charge in [-0.1, -0.05) is 56.8 Å². The zero-order chi connectivity index (χ0) is 19.4. The Balaban J connectivity index is 1.74. The molecule has 1 amide bonds. The number of aromatic nitrogens is 2. The number of thioether (sulfide) groups is 1. The van der Waals surface area contributed by atoms with Crippen LogP contribution in [0.1, 0.15) is 26.3 Å². The molecule has 0 aliphatic heterocycles. The number of methoxy groups -OCH3 is 1. The molecule has 0 spiro atoms. The van der Waals surface area contributed by atoms with Crippen LogP contribution in [0.4, 0.5) is 5.69 Å². The highest BCUT2D eigenvalue weighted by Gasteiger charge is 2.17. The van der Waals surface area contributed by atoms with Gasteiger partial charge in [-0.3, -0.25) is 4.79 Å². The van der Waals surface area contributed by atoms with Gasteiger partial charge < -0.3 is 10.1 Å². The van der Waals surface area contributed by atoms with Crippen LogP contribution in [0.25, 0.3) is 10.9 Å². The monoisotopic (exact) mass is 381 g/mol. The fraction of sp³-hybridized carbons (Fsp3) is 0.286. The van der Waals surface area contributed by atoms with E-state index in [4.69, 9.17) is 4.74 Å². The van der Waals surface area contributed by atoms with E-state index >= 15 is 0 Å². The molecule has 0 fully saturated rings. The lowest BCUT2D eigenvalue weighted by molar-refractivity contribution is -0.113. The Morgan fingerprint density at radius 1 is 1.15 bits per heavy atom. The van der Waals surface area contributed by atoms with E-state index in [1.165, 1.54) is 18.1 Å². The predicted octanol–water partition coefficient (Wildman–Crippen LogP) is 4.67. The number of benzene rings is 2. The molecular formula is C21H23N3O2S. The minimum Gasteiger partial charge on any atom is -0.495 e. The molecule has 5 nitrogen and oxygen atoms in total. The smallest absolute Gasteiger partial charge is 0.234 e. The zero-order valence-electron chi connectivity index (χ0n) is 15.9. The highest BCUT2D eigenvalue weighted by molar-refractivity contribution is 8.00. The van der Waals surface area contributed by atoms with Gasteiger partial charge in [0, 0.05) is 5.39 Å². The molecule has 0 aliphatic rings. The third kappa shape index (κ3) is 4.57. The summed E-state index contributed by atoms with van der Waals surface area (Å²) in [6.45, 7) is 6.41. The number of hydrogen-bond acceptors (Lipinski definition) is 5. The molecule has 140 valence electrons. The molecule has 2 aromatic carbocycles. The van der Waals surface area contributed by atoms with Crippen molar-refractivity contribution in [3.8, 4) is 5.75 Å². The number of anilines is 1. The number of para-hydroxylation sites is 1. The van der Waals surface area contributed by atoms with Gasteiger partial charge in [0.05, 0.1) is 24.1 Å². The third-order valence-electron chi connectivity index (χ3n) is 4.19. The summed E-state index contributed by atoms with van der Waals surface area (Å²) in [5.74, 6) is 0.796. The number of nitrogens with zero attached hydrogens (tertiary/aromatic N) is 2. The van der Waals surface area contributed by atoms with Gasteiger partial charge in [0.25, 0.3) is 0 Å². The standard InChI is InChI=1S/C21H23N3O2S/c1-21(2,3)14-9-10-18(26-4)17(11-14)24-19(25)12-27-20-15-7-5-6-8-16(15)22-13-23-20/h5-11,13H,12H2,1-4H3,(H,24,25). The Labute approximate surface area is 163 Å². The van der Waals surface area contributed by atoms with E-state index < -0.39 is 0 Å². The average Bonchev–Trinajstić information content (AvgIpc) is 2.65. The normalized spacial score (nSPS) is 11.4. The molecule has 1 N–H and O–H groups in total. The lowest BCUT2D eigenvalue weighted by Gasteiger charge is -2.21. The summed E-state index contributed by atoms with van der Waals surface area (Å²) in [6, 6.07) is 13.7. The summed E-state index contributed by atoms with van der Waals surface area (Å²) in [5.41, 5.74) is 2.67. The van der Waals surface area contributed by atoms with Crippen molar-refractivity contribution in [2.45, 2.75) is 31.2 Å². The van der Waals surface area contributed by atoms with Crippen molar-refractivity contribution in [1.29, 1.82) is 0 Å². The van der Waals surface area contributed by atoms with Crippen molar-refractivity contribution in [1.82, 2.24) is 9.97 Å². The molecule has 0 saturated heterocycles. The van der Waals surface area contributed by atoms with Crippen molar-refractivity contribution in [2.24, 2.45) is 0 Å². The molecule has 0 radical (unpaired) electrons. The number of rotatable bonds is 5. The molecule has 27 heavy (non-hydrogen) atoms. The van der Waals surface area contributed by atoms with Gasteiger partial charge in [0.15, 0.2) is 0 Å². The average molecular weight is 382 g/mol. The quantitative estimate of drug-likeness (QED) is 0.514. The van der Waals surface area contributed by atoms with Crippen molar-refractivity contribution >= 4 is 34.3 Å². The molecule has 1 heterocycles. The second-order valence-corrected chi connectivity index (χ2v) is 8.16. The van der Waals surface area contributed by atoms with Gasteiger partial charge in [-0.2, -0.15) is 0 Å². The van der Waals surface area contributed by atoms with Crippen LogP contribution in [0.5, 0.6) is 5.75 Å². The molecule has 6 heteroatoms. The zero-order valence-corrected chi connectivity index (χ0v) is 16.8. The number of carbonyl (C=O) groups is 1. The van der Waals surface area contributed by atoms with E-state index in [2.05, 4.69) is 36.1 Å². The Morgan fingerprint density at radius 2 is 1.93 bits per heavy atom. The number of nitrogens with one attached hydrogen (secondary N) is 1. The van der Waals surface area contributed by atoms with Gasteiger partial charge in [-0.05, 0) is 29.2 Å². The van der Waals surface area contributed by atoms with Crippen molar-refractivity contribution in [2.75, 3.05) is 18.2 Å². The predicted molar refractivity (Wildman–Crippen MR) is 111 cm³/mol. The van der Waals surface area contributed by atoms with E-state index in [1.54, 1.807) is 7.11 Å². The molecule has 0 saturated carbocycles. The number of fused-ring (bicyclic) bond motifs is 1. The van der Waals surface area contributed by atoms with Crippen LogP contribution >= 0.6 is 11.8 Å². The lowest BCUT2D eigenvalue weighted by Crippen LogP contribution is -2.17. The maximum atomic E-state index is 12.5. The summed E-state index contributed by atoms with van der Waals surface area (Å²) in [6.07, 6.45) is 1.53. The van der Waals surface area contributed by atoms with Gasteiger partial charge in [-0.25, -0.2) is 9.97 Å². The summed E-state index contributed by atoms with van der Waals surface area (Å²) in [7, 11) is 1.60. The second kappa shape index (κ2) is 7.96. The van der Waals surface area contributed by atoms with Crippen molar-refractivity contribution in [3.63, 3.8) is 0 Å². The molecule has 0 atom stereocenters. The topological polar surface area (TPSA) is 64.1 Å². The molecule has 0 bridgehead atoms. The van der Waals surface area contributed by atoms with E-state index in [-0.39, 0.29) is 17.1 Å². The highest BCUT2D eigenvalue weighted by atomic mass is 32.2. The first-order chi connectivity index (χ1) is 12.9. The van der Waals surface area contributed by atoms with Gasteiger partial charge >= 0.3 is 0 Å². The minimum atomic E-state index is -0.105. The number of amides is 1. The van der Waals surface area contributed by atoms with E-state index in [1.807, 2.05) is 42.5 Å². The van der Waals surface area contributed by atoms with Gasteiger partial charge in [0.1, 0.15) is 17.1 Å². The van der Waals surface area contributed by atoms with Crippen LogP contribution in [-0.2, 0) is 10.2 Å². The molecule has 1 aromatic heterocycles. The lowest BCUT2D eigenvalue weighted by atomic mass is 9.87. The van der Waals surface area contributed by atoms with Crippen molar-refractivity contribution < 1.29 is 9.53 Å². The van der Waals surface area contributed by atoms with E-state index in [0.717, 1.165) is 21.5 Å². The Kier molecular flexibility index (Phi) is 5.65. The first-order valence-corrected chi connectivity index (χ1v) is 9.68. The second-order valence-electron chi connectivity index (χ2n) is 7.20. The third-order valence-corrected chi connectivity index (χ3v) is 5.19. The first-order valence-electron chi connectivity index (χ1n) is 8.69. The number of hydrogen-bond donors (Lipinski definition) is 1. The summed E-state index contributed by atoms with van der Waals surface area (Å²) in [4.78, 5) is 21.1. The van der Waals surface area contributed by atoms with Crippen LogP contribution in [0, 0.1) is 0 Å². The fourth-order valence-corrected chi connectivity index (χ4v) is 3.48. The number of ether oxygens (including phenoxy) is 1. The van der Waals surface area contributed by atoms with Crippen LogP contribution in [0.15, 0.2) is 53.8 Å². The Bertz CT molecular complexity index is 962. The first kappa shape index (κ1) is 19.2. The molecule has 3 rings (SSSR count). The molecule has 0 aliphatic carbocycles. The summed E-state index contributed by atoms with van der Waals surface area (Å²) in [5, 5.41) is 4.71. The maximum absolute atomic E-state index is 12.5. The van der Waals surface area contributed by atoms with E-state index in [9.17, 15) is 4.79 Å². The van der Waals surface area contributed by atoms with Crippen LogP contribution < -0.4 is 10.1 Å². The number of carbonyl (C=O) groups excluding carboxylic acids is 1. The fourth-order valence-electron chi connectivity index (χ4n) is 2.69. The van der Waals surface area contributed by atoms with Crippen LogP contribution in [0.3, 0.4) is 0 Å². The largest absolute Gasteiger partial charge is 0.495 e. The van der Waals surface area contributed by atoms with E-state index in [0.29, 0.717) is 11.4 Å². The van der Waals surface area contributed by atoms with Crippen LogP contribution in [-0.4, -0.2) is 28.7 Å². The highest BCUT2D eigenvalue weighted by Crippen LogP contribution is 2.32. The SMILES string of the molecule is COc1ccc(C(C)(C)C)cc1NC(=O)CSc1ncnc2ccccc12. The minimum absolute atomic E-state index is 0.0135. The van der Waals surface area contributed by atoms with Gasteiger partial charge in [0.2, 0.25) is 5.91 Å². The van der Waals surface area contributed by atoms with Gasteiger partial charge in [-0.15, -0.1) is 0 Å². The molecule has 3 aromatic rings.